The van der Waals surface area contributed by atoms with E-state index in [2.05, 4.69) is 50.1 Å². The summed E-state index contributed by atoms with van der Waals surface area (Å²) in [5.74, 6) is 2.24. The molecule has 0 bridgehead atoms. The fourth-order valence-electron chi connectivity index (χ4n) is 2.53. The van der Waals surface area contributed by atoms with E-state index in [-0.39, 0.29) is 0 Å². The molecule has 0 unspecified atom stereocenters. The van der Waals surface area contributed by atoms with E-state index >= 15 is 0 Å². The number of benzene rings is 1. The number of likely N-dealkylation sites (N-methyl/N-ethyl adjacent to an activating group) is 1. The summed E-state index contributed by atoms with van der Waals surface area (Å²) in [6.45, 7) is 9.07. The van der Waals surface area contributed by atoms with Crippen LogP contribution >= 0.6 is 0 Å². The minimum Gasteiger partial charge on any atom is -0.492 e. The quantitative estimate of drug-likeness (QED) is 0.764. The molecule has 0 radical (unpaired) electrons. The second kappa shape index (κ2) is 7.65. The molecule has 0 N–H and O–H groups in total. The van der Waals surface area contributed by atoms with Gasteiger partial charge in [0.25, 0.3) is 0 Å². The van der Waals surface area contributed by atoms with Gasteiger partial charge in [-0.2, -0.15) is 0 Å². The summed E-state index contributed by atoms with van der Waals surface area (Å²) in [5.41, 5.74) is 1.36. The van der Waals surface area contributed by atoms with Gasteiger partial charge in [-0.1, -0.05) is 26.0 Å². The molecule has 1 heterocycles. The lowest BCUT2D eigenvalue weighted by atomic mass is 10.0. The molecule has 2 rings (SSSR count). The van der Waals surface area contributed by atoms with Gasteiger partial charge in [-0.05, 0) is 43.0 Å². The van der Waals surface area contributed by atoms with Gasteiger partial charge >= 0.3 is 0 Å². The lowest BCUT2D eigenvalue weighted by molar-refractivity contribution is 0.167. The molecule has 1 aromatic rings. The number of nitrogens with zero attached hydrogens (tertiary/aromatic N) is 1. The third-order valence-electron chi connectivity index (χ3n) is 3.88. The van der Waals surface area contributed by atoms with Gasteiger partial charge in [0.1, 0.15) is 12.4 Å². The van der Waals surface area contributed by atoms with Crippen LogP contribution in [0.4, 0.5) is 0 Å². The summed E-state index contributed by atoms with van der Waals surface area (Å²) < 4.78 is 11.2. The molecule has 20 heavy (non-hydrogen) atoms. The van der Waals surface area contributed by atoms with Crippen LogP contribution in [-0.2, 0) is 4.74 Å². The molecule has 3 heteroatoms. The highest BCUT2D eigenvalue weighted by Gasteiger charge is 2.17. The number of ether oxygens (including phenoxy) is 2. The highest BCUT2D eigenvalue weighted by molar-refractivity contribution is 5.28. The Kier molecular flexibility index (Phi) is 5.86. The van der Waals surface area contributed by atoms with E-state index in [0.717, 1.165) is 38.7 Å². The van der Waals surface area contributed by atoms with Crippen LogP contribution in [0.3, 0.4) is 0 Å². The first-order chi connectivity index (χ1) is 9.65. The van der Waals surface area contributed by atoms with Crippen LogP contribution in [-0.4, -0.2) is 44.9 Å². The van der Waals surface area contributed by atoms with Gasteiger partial charge in [0.05, 0.1) is 6.61 Å². The number of rotatable bonds is 7. The number of hydrogen-bond donors (Lipinski definition) is 0. The van der Waals surface area contributed by atoms with Crippen LogP contribution in [0.1, 0.15) is 31.7 Å². The average molecular weight is 277 g/mol. The summed E-state index contributed by atoms with van der Waals surface area (Å²) in [7, 11) is 2.16. The minimum absolute atomic E-state index is 0.573. The summed E-state index contributed by atoms with van der Waals surface area (Å²) in [6.07, 6.45) is 1.20. The third-order valence-corrected chi connectivity index (χ3v) is 3.88. The molecule has 0 saturated carbocycles. The van der Waals surface area contributed by atoms with Gasteiger partial charge in [-0.25, -0.2) is 0 Å². The van der Waals surface area contributed by atoms with E-state index in [9.17, 15) is 0 Å². The monoisotopic (exact) mass is 277 g/mol. The van der Waals surface area contributed by atoms with Crippen molar-refractivity contribution in [2.24, 2.45) is 5.92 Å². The van der Waals surface area contributed by atoms with E-state index in [0.29, 0.717) is 11.8 Å². The van der Waals surface area contributed by atoms with E-state index in [4.69, 9.17) is 9.47 Å². The van der Waals surface area contributed by atoms with Gasteiger partial charge in [0.15, 0.2) is 0 Å². The van der Waals surface area contributed by atoms with E-state index in [1.165, 1.54) is 12.0 Å². The Morgan fingerprint density at radius 3 is 2.65 bits per heavy atom. The van der Waals surface area contributed by atoms with E-state index in [1.54, 1.807) is 0 Å². The highest BCUT2D eigenvalue weighted by Crippen LogP contribution is 2.18. The molecular weight excluding hydrogens is 250 g/mol. The molecular formula is C17H27NO2. The van der Waals surface area contributed by atoms with Crippen LogP contribution in [0.5, 0.6) is 5.75 Å². The van der Waals surface area contributed by atoms with Crippen molar-refractivity contribution in [2.45, 2.75) is 26.2 Å². The van der Waals surface area contributed by atoms with Crippen molar-refractivity contribution in [1.82, 2.24) is 4.90 Å². The summed E-state index contributed by atoms with van der Waals surface area (Å²) in [4.78, 5) is 2.34. The van der Waals surface area contributed by atoms with Crippen LogP contribution in [0.2, 0.25) is 0 Å². The normalized spacial score (nSPS) is 18.9. The summed E-state index contributed by atoms with van der Waals surface area (Å²) >= 11 is 0. The first kappa shape index (κ1) is 15.3. The predicted octanol–water partition coefficient (Wildman–Crippen LogP) is 3.16. The molecule has 1 atom stereocenters. The van der Waals surface area contributed by atoms with Crippen molar-refractivity contribution in [3.63, 3.8) is 0 Å². The molecule has 1 aliphatic heterocycles. The van der Waals surface area contributed by atoms with Crippen molar-refractivity contribution >= 4 is 0 Å². The molecule has 112 valence electrons. The molecule has 3 nitrogen and oxygen atoms in total. The van der Waals surface area contributed by atoms with E-state index in [1.807, 2.05) is 0 Å². The molecule has 0 spiro atoms. The zero-order valence-corrected chi connectivity index (χ0v) is 13.0. The van der Waals surface area contributed by atoms with Crippen molar-refractivity contribution in [1.29, 1.82) is 0 Å². The second-order valence-electron chi connectivity index (χ2n) is 6.06. The standard InChI is InChI=1S/C17H27NO2/c1-14(2)16-4-6-17(7-5-16)20-11-9-18(3)12-15-8-10-19-13-15/h4-7,14-15H,8-13H2,1-3H3/t15-/m1/s1. The van der Waals surface area contributed by atoms with Crippen LogP contribution in [0.15, 0.2) is 24.3 Å². The Morgan fingerprint density at radius 2 is 2.05 bits per heavy atom. The maximum Gasteiger partial charge on any atom is 0.119 e. The first-order valence-corrected chi connectivity index (χ1v) is 7.64. The summed E-state index contributed by atoms with van der Waals surface area (Å²) in [6, 6.07) is 8.44. The molecule has 0 aliphatic carbocycles. The SMILES string of the molecule is CC(C)c1ccc(OCCN(C)C[C@H]2CCOC2)cc1. The maximum atomic E-state index is 5.80. The van der Waals surface area contributed by atoms with Crippen molar-refractivity contribution in [3.05, 3.63) is 29.8 Å². The number of hydrogen-bond acceptors (Lipinski definition) is 3. The van der Waals surface area contributed by atoms with Gasteiger partial charge < -0.3 is 14.4 Å². The molecule has 1 saturated heterocycles. The van der Waals surface area contributed by atoms with Crippen LogP contribution in [0, 0.1) is 5.92 Å². The molecule has 0 aromatic heterocycles. The van der Waals surface area contributed by atoms with Gasteiger partial charge in [-0.15, -0.1) is 0 Å². The smallest absolute Gasteiger partial charge is 0.119 e. The van der Waals surface area contributed by atoms with Crippen LogP contribution in [0.25, 0.3) is 0 Å². The van der Waals surface area contributed by atoms with Crippen molar-refractivity contribution < 1.29 is 9.47 Å². The minimum atomic E-state index is 0.573. The Morgan fingerprint density at radius 1 is 1.30 bits per heavy atom. The Hall–Kier alpha value is -1.06. The molecule has 1 fully saturated rings. The Labute approximate surface area is 122 Å². The largest absolute Gasteiger partial charge is 0.492 e. The Balaban J connectivity index is 1.66. The second-order valence-corrected chi connectivity index (χ2v) is 6.06. The lowest BCUT2D eigenvalue weighted by Crippen LogP contribution is -2.29. The third kappa shape index (κ3) is 4.80. The fraction of sp³-hybridized carbons (Fsp3) is 0.647. The van der Waals surface area contributed by atoms with Crippen LogP contribution < -0.4 is 4.74 Å². The maximum absolute atomic E-state index is 5.80. The van der Waals surface area contributed by atoms with Crippen molar-refractivity contribution in [3.8, 4) is 5.75 Å². The average Bonchev–Trinajstić information content (AvgIpc) is 2.92. The topological polar surface area (TPSA) is 21.7 Å². The van der Waals surface area contributed by atoms with Gasteiger partial charge in [0, 0.05) is 19.7 Å². The van der Waals surface area contributed by atoms with E-state index < -0.39 is 0 Å². The highest BCUT2D eigenvalue weighted by atomic mass is 16.5. The van der Waals surface area contributed by atoms with Gasteiger partial charge in [0.2, 0.25) is 0 Å². The zero-order valence-electron chi connectivity index (χ0n) is 13.0. The zero-order chi connectivity index (χ0) is 14.4. The molecule has 1 aliphatic rings. The predicted molar refractivity (Wildman–Crippen MR) is 82.4 cm³/mol. The first-order valence-electron chi connectivity index (χ1n) is 7.64. The molecule has 0 amide bonds. The van der Waals surface area contributed by atoms with Crippen molar-refractivity contribution in [2.75, 3.05) is 40.0 Å². The summed E-state index contributed by atoms with van der Waals surface area (Å²) in [5, 5.41) is 0. The van der Waals surface area contributed by atoms with Gasteiger partial charge in [-0.3, -0.25) is 0 Å². The molecule has 1 aromatic carbocycles. The lowest BCUT2D eigenvalue weighted by Gasteiger charge is -2.20. The fourth-order valence-corrected chi connectivity index (χ4v) is 2.53. The Bertz CT molecular complexity index is 382.